The van der Waals surface area contributed by atoms with E-state index in [2.05, 4.69) is 15.1 Å². The van der Waals surface area contributed by atoms with Gasteiger partial charge in [-0.05, 0) is 67.1 Å². The van der Waals surface area contributed by atoms with Gasteiger partial charge in [0.25, 0.3) is 15.9 Å². The van der Waals surface area contributed by atoms with Crippen LogP contribution in [0, 0.1) is 6.92 Å². The molecule has 1 amide bonds. The average molecular weight is 467 g/mol. The Kier molecular flexibility index (Phi) is 5.98. The number of aryl methyl sites for hydroxylation is 1. The van der Waals surface area contributed by atoms with Crippen LogP contribution in [0.3, 0.4) is 0 Å². The van der Waals surface area contributed by atoms with Crippen LogP contribution in [0.15, 0.2) is 90.1 Å². The van der Waals surface area contributed by atoms with Crippen molar-refractivity contribution < 1.29 is 13.2 Å². The Morgan fingerprint density at radius 2 is 1.75 bits per heavy atom. The van der Waals surface area contributed by atoms with Crippen molar-refractivity contribution in [2.45, 2.75) is 11.8 Å². The monoisotopic (exact) mass is 466 g/mol. The Morgan fingerprint density at radius 1 is 0.969 bits per heavy atom. The van der Waals surface area contributed by atoms with Gasteiger partial charge in [0.05, 0.1) is 21.2 Å². The summed E-state index contributed by atoms with van der Waals surface area (Å²) in [4.78, 5) is 12.8. The molecule has 0 aliphatic carbocycles. The first kappa shape index (κ1) is 21.6. The smallest absolute Gasteiger partial charge is 0.261 e. The molecule has 9 heteroatoms. The molecule has 3 aromatic carbocycles. The number of carbonyl (C=O) groups excluding carboxylic acids is 1. The van der Waals surface area contributed by atoms with Gasteiger partial charge < -0.3 is 5.32 Å². The third kappa shape index (κ3) is 4.82. The maximum absolute atomic E-state index is 12.9. The summed E-state index contributed by atoms with van der Waals surface area (Å²) < 4.78 is 29.9. The number of nitrogens with zero attached hydrogens (tertiary/aromatic N) is 2. The van der Waals surface area contributed by atoms with Gasteiger partial charge in [0.15, 0.2) is 0 Å². The molecule has 7 nitrogen and oxygen atoms in total. The second-order valence-electron chi connectivity index (χ2n) is 7.07. The molecule has 0 aliphatic rings. The first-order valence-electron chi connectivity index (χ1n) is 9.62. The summed E-state index contributed by atoms with van der Waals surface area (Å²) in [6.45, 7) is 1.86. The number of sulfonamides is 1. The zero-order valence-corrected chi connectivity index (χ0v) is 18.6. The predicted molar refractivity (Wildman–Crippen MR) is 125 cm³/mol. The van der Waals surface area contributed by atoms with Crippen LogP contribution in [-0.2, 0) is 10.0 Å². The molecular weight excluding hydrogens is 448 g/mol. The van der Waals surface area contributed by atoms with Gasteiger partial charge in [-0.1, -0.05) is 29.8 Å². The molecule has 0 atom stereocenters. The quantitative estimate of drug-likeness (QED) is 0.423. The molecule has 4 rings (SSSR count). The fourth-order valence-electron chi connectivity index (χ4n) is 3.11. The van der Waals surface area contributed by atoms with Crippen molar-refractivity contribution in [3.8, 4) is 5.69 Å². The normalized spacial score (nSPS) is 11.2. The van der Waals surface area contributed by atoms with Crippen LogP contribution in [0.4, 0.5) is 11.4 Å². The Hall–Kier alpha value is -3.62. The minimum absolute atomic E-state index is 0.0447. The molecule has 0 spiro atoms. The van der Waals surface area contributed by atoms with Gasteiger partial charge in [-0.15, -0.1) is 0 Å². The lowest BCUT2D eigenvalue weighted by Gasteiger charge is -2.12. The predicted octanol–water partition coefficient (Wildman–Crippen LogP) is 4.89. The lowest BCUT2D eigenvalue weighted by Crippen LogP contribution is -2.16. The number of aromatic nitrogens is 2. The molecule has 0 saturated carbocycles. The van der Waals surface area contributed by atoms with Crippen LogP contribution >= 0.6 is 11.6 Å². The topological polar surface area (TPSA) is 93.1 Å². The molecule has 0 aliphatic heterocycles. The van der Waals surface area contributed by atoms with Crippen molar-refractivity contribution in [3.05, 3.63) is 101 Å². The minimum atomic E-state index is -3.91. The molecule has 1 heterocycles. The highest BCUT2D eigenvalue weighted by molar-refractivity contribution is 7.92. The summed E-state index contributed by atoms with van der Waals surface area (Å²) in [7, 11) is -3.91. The van der Waals surface area contributed by atoms with Crippen molar-refractivity contribution in [3.63, 3.8) is 0 Å². The zero-order valence-electron chi connectivity index (χ0n) is 17.0. The molecule has 2 N–H and O–H groups in total. The SMILES string of the molecule is Cc1cccc(NS(=O)(=O)c2ccc(Cl)c(C(=O)Nc3cccc(-n4cccn4)c3)c2)c1. The number of hydrogen-bond donors (Lipinski definition) is 2. The fourth-order valence-corrected chi connectivity index (χ4v) is 4.39. The summed E-state index contributed by atoms with van der Waals surface area (Å²) >= 11 is 6.21. The van der Waals surface area contributed by atoms with Crippen LogP contribution in [-0.4, -0.2) is 24.1 Å². The standard InChI is InChI=1S/C23H19ClN4O3S/c1-16-5-2-7-18(13-16)27-32(30,31)20-9-10-22(24)21(15-20)23(29)26-17-6-3-8-19(14-17)28-12-4-11-25-28/h2-15,27H,1H3,(H,26,29). The lowest BCUT2D eigenvalue weighted by molar-refractivity contribution is 0.102. The molecule has 0 unspecified atom stereocenters. The van der Waals surface area contributed by atoms with Gasteiger partial charge in [0.2, 0.25) is 0 Å². The van der Waals surface area contributed by atoms with Crippen LogP contribution in [0.2, 0.25) is 5.02 Å². The van der Waals surface area contributed by atoms with Gasteiger partial charge in [0.1, 0.15) is 0 Å². The summed E-state index contributed by atoms with van der Waals surface area (Å²) in [5.74, 6) is -0.528. The van der Waals surface area contributed by atoms with Crippen LogP contribution in [0.1, 0.15) is 15.9 Å². The third-order valence-corrected chi connectivity index (χ3v) is 6.34. The van der Waals surface area contributed by atoms with Crippen molar-refractivity contribution in [2.24, 2.45) is 0 Å². The largest absolute Gasteiger partial charge is 0.322 e. The van der Waals surface area contributed by atoms with Gasteiger partial charge in [-0.3, -0.25) is 9.52 Å². The molecule has 0 saturated heterocycles. The third-order valence-electron chi connectivity index (χ3n) is 4.64. The van der Waals surface area contributed by atoms with Crippen LogP contribution in [0.25, 0.3) is 5.69 Å². The van der Waals surface area contributed by atoms with Gasteiger partial charge in [-0.2, -0.15) is 5.10 Å². The second-order valence-corrected chi connectivity index (χ2v) is 9.16. The van der Waals surface area contributed by atoms with E-state index in [4.69, 9.17) is 11.6 Å². The molecule has 32 heavy (non-hydrogen) atoms. The zero-order chi connectivity index (χ0) is 22.7. The summed E-state index contributed by atoms with van der Waals surface area (Å²) in [5, 5.41) is 7.06. The Labute approximate surface area is 190 Å². The minimum Gasteiger partial charge on any atom is -0.322 e. The number of rotatable bonds is 6. The van der Waals surface area contributed by atoms with E-state index < -0.39 is 15.9 Å². The van der Waals surface area contributed by atoms with E-state index in [1.807, 2.05) is 19.1 Å². The second kappa shape index (κ2) is 8.86. The maximum atomic E-state index is 12.9. The maximum Gasteiger partial charge on any atom is 0.261 e. The van der Waals surface area contributed by atoms with Crippen molar-refractivity contribution in [1.29, 1.82) is 0 Å². The molecule has 0 fully saturated rings. The van der Waals surface area contributed by atoms with E-state index >= 15 is 0 Å². The first-order chi connectivity index (χ1) is 15.3. The Bertz CT molecular complexity index is 1390. The highest BCUT2D eigenvalue weighted by atomic mass is 35.5. The van der Waals surface area contributed by atoms with E-state index in [1.165, 1.54) is 18.2 Å². The Morgan fingerprint density at radius 3 is 2.50 bits per heavy atom. The summed E-state index contributed by atoms with van der Waals surface area (Å²) in [6, 6.07) is 19.9. The number of hydrogen-bond acceptors (Lipinski definition) is 4. The molecule has 0 bridgehead atoms. The molecule has 1 aromatic heterocycles. The van der Waals surface area contributed by atoms with Crippen molar-refractivity contribution in [2.75, 3.05) is 10.0 Å². The van der Waals surface area contributed by atoms with E-state index in [-0.39, 0.29) is 15.5 Å². The molecular formula is C23H19ClN4O3S. The molecule has 4 aromatic rings. The van der Waals surface area contributed by atoms with Crippen LogP contribution in [0.5, 0.6) is 0 Å². The van der Waals surface area contributed by atoms with Gasteiger partial charge >= 0.3 is 0 Å². The summed E-state index contributed by atoms with van der Waals surface area (Å²) in [6.07, 6.45) is 3.44. The van der Waals surface area contributed by atoms with E-state index in [0.717, 1.165) is 11.3 Å². The number of carbonyl (C=O) groups is 1. The van der Waals surface area contributed by atoms with Crippen molar-refractivity contribution in [1.82, 2.24) is 9.78 Å². The molecule has 0 radical (unpaired) electrons. The van der Waals surface area contributed by atoms with Gasteiger partial charge in [-0.25, -0.2) is 13.1 Å². The number of halogens is 1. The first-order valence-corrected chi connectivity index (χ1v) is 11.5. The highest BCUT2D eigenvalue weighted by Gasteiger charge is 2.19. The number of benzene rings is 3. The van der Waals surface area contributed by atoms with E-state index in [1.54, 1.807) is 59.5 Å². The van der Waals surface area contributed by atoms with Crippen LogP contribution < -0.4 is 10.0 Å². The number of nitrogens with one attached hydrogen (secondary N) is 2. The Balaban J connectivity index is 1.58. The van der Waals surface area contributed by atoms with Gasteiger partial charge in [0, 0.05) is 23.8 Å². The summed E-state index contributed by atoms with van der Waals surface area (Å²) in [5.41, 5.74) is 2.67. The van der Waals surface area contributed by atoms with E-state index in [9.17, 15) is 13.2 Å². The highest BCUT2D eigenvalue weighted by Crippen LogP contribution is 2.24. The average Bonchev–Trinajstić information content (AvgIpc) is 3.29. The number of anilines is 2. The number of amides is 1. The fraction of sp³-hybridized carbons (Fsp3) is 0.0435. The van der Waals surface area contributed by atoms with Crippen molar-refractivity contribution >= 4 is 38.9 Å². The van der Waals surface area contributed by atoms with E-state index in [0.29, 0.717) is 11.4 Å². The molecule has 162 valence electrons. The lowest BCUT2D eigenvalue weighted by atomic mass is 10.2.